The summed E-state index contributed by atoms with van der Waals surface area (Å²) < 4.78 is 10.0. The molecule has 0 fully saturated rings. The van der Waals surface area contributed by atoms with Gasteiger partial charge in [0.05, 0.1) is 18.8 Å². The van der Waals surface area contributed by atoms with Crippen LogP contribution in [0.5, 0.6) is 0 Å². The largest absolute Gasteiger partial charge is 0.468 e. The van der Waals surface area contributed by atoms with Gasteiger partial charge in [0.15, 0.2) is 0 Å². The van der Waals surface area contributed by atoms with Crippen LogP contribution in [0.15, 0.2) is 0 Å². The number of hydrogen-bond donors (Lipinski definition) is 1. The van der Waals surface area contributed by atoms with E-state index in [4.69, 9.17) is 10.5 Å². The summed E-state index contributed by atoms with van der Waals surface area (Å²) in [5, 5.41) is 0. The van der Waals surface area contributed by atoms with Gasteiger partial charge in [0, 0.05) is 0 Å². The van der Waals surface area contributed by atoms with Crippen LogP contribution in [-0.4, -0.2) is 30.8 Å². The fourth-order valence-electron chi connectivity index (χ4n) is 0.959. The molecule has 0 heterocycles. The second kappa shape index (κ2) is 6.22. The first-order valence-electron chi connectivity index (χ1n) is 4.29. The molecule has 4 nitrogen and oxygen atoms in total. The van der Waals surface area contributed by atoms with Gasteiger partial charge in [-0.2, -0.15) is 0 Å². The Kier molecular flexibility index (Phi) is 7.16. The maximum absolute atomic E-state index is 11.0. The first kappa shape index (κ1) is 16.1. The standard InChI is InChI=1S/C9H19NO3.ClH/c1-6(13-9(2,3)4)7(10)8(11)12-5;/h6-7H,10H2,1-5H3;1H/t6?,7-;/m0./s1. The van der Waals surface area contributed by atoms with Crippen molar-refractivity contribution in [2.24, 2.45) is 5.73 Å². The van der Waals surface area contributed by atoms with E-state index in [1.165, 1.54) is 7.11 Å². The quantitative estimate of drug-likeness (QED) is 0.731. The molecule has 14 heavy (non-hydrogen) atoms. The summed E-state index contributed by atoms with van der Waals surface area (Å²) in [5.41, 5.74) is 5.28. The summed E-state index contributed by atoms with van der Waals surface area (Å²) in [4.78, 5) is 11.0. The highest BCUT2D eigenvalue weighted by Crippen LogP contribution is 2.12. The van der Waals surface area contributed by atoms with E-state index in [1.807, 2.05) is 20.8 Å². The van der Waals surface area contributed by atoms with E-state index in [0.717, 1.165) is 0 Å². The molecule has 2 atom stereocenters. The first-order valence-corrected chi connectivity index (χ1v) is 4.29. The van der Waals surface area contributed by atoms with Gasteiger partial charge in [-0.15, -0.1) is 12.4 Å². The van der Waals surface area contributed by atoms with Crippen LogP contribution in [-0.2, 0) is 14.3 Å². The van der Waals surface area contributed by atoms with Crippen molar-refractivity contribution < 1.29 is 14.3 Å². The van der Waals surface area contributed by atoms with Gasteiger partial charge >= 0.3 is 5.97 Å². The summed E-state index contributed by atoms with van der Waals surface area (Å²) in [6, 6.07) is -0.718. The third-order valence-electron chi connectivity index (χ3n) is 1.52. The van der Waals surface area contributed by atoms with Crippen LogP contribution in [0.1, 0.15) is 27.7 Å². The topological polar surface area (TPSA) is 61.5 Å². The average molecular weight is 226 g/mol. The van der Waals surface area contributed by atoms with Gasteiger partial charge in [0.1, 0.15) is 6.04 Å². The van der Waals surface area contributed by atoms with E-state index in [1.54, 1.807) is 6.92 Å². The van der Waals surface area contributed by atoms with Crippen molar-refractivity contribution in [2.45, 2.75) is 45.4 Å². The lowest BCUT2D eigenvalue weighted by atomic mass is 10.1. The molecular weight excluding hydrogens is 206 g/mol. The zero-order valence-corrected chi connectivity index (χ0v) is 10.2. The minimum absolute atomic E-state index is 0. The smallest absolute Gasteiger partial charge is 0.325 e. The summed E-state index contributed by atoms with van der Waals surface area (Å²) in [5.74, 6) is -0.447. The van der Waals surface area contributed by atoms with Crippen molar-refractivity contribution in [3.63, 3.8) is 0 Å². The molecule has 0 bridgehead atoms. The fraction of sp³-hybridized carbons (Fsp3) is 0.889. The van der Waals surface area contributed by atoms with Gasteiger partial charge in [-0.3, -0.25) is 4.79 Å². The number of nitrogens with two attached hydrogens (primary N) is 1. The van der Waals surface area contributed by atoms with Crippen LogP contribution in [0.2, 0.25) is 0 Å². The third-order valence-corrected chi connectivity index (χ3v) is 1.52. The molecular formula is C9H20ClNO3. The summed E-state index contributed by atoms with van der Waals surface area (Å²) in [6.45, 7) is 7.49. The molecule has 0 aromatic heterocycles. The second-order valence-corrected chi connectivity index (χ2v) is 3.98. The first-order chi connectivity index (χ1) is 5.78. The van der Waals surface area contributed by atoms with Crippen LogP contribution >= 0.6 is 12.4 Å². The van der Waals surface area contributed by atoms with Crippen molar-refractivity contribution in [3.05, 3.63) is 0 Å². The Labute approximate surface area is 91.5 Å². The van der Waals surface area contributed by atoms with Crippen molar-refractivity contribution in [2.75, 3.05) is 7.11 Å². The highest BCUT2D eigenvalue weighted by Gasteiger charge is 2.26. The molecule has 0 aliphatic carbocycles. The van der Waals surface area contributed by atoms with Gasteiger partial charge in [0.2, 0.25) is 0 Å². The lowest BCUT2D eigenvalue weighted by Gasteiger charge is -2.27. The Bertz CT molecular complexity index is 179. The van der Waals surface area contributed by atoms with Crippen molar-refractivity contribution >= 4 is 18.4 Å². The molecule has 0 aromatic carbocycles. The van der Waals surface area contributed by atoms with Crippen LogP contribution in [0.4, 0.5) is 0 Å². The SMILES string of the molecule is COC(=O)[C@@H](N)C(C)OC(C)(C)C.Cl. The summed E-state index contributed by atoms with van der Waals surface area (Å²) >= 11 is 0. The molecule has 0 saturated carbocycles. The minimum Gasteiger partial charge on any atom is -0.468 e. The summed E-state index contributed by atoms with van der Waals surface area (Å²) in [7, 11) is 1.31. The number of ether oxygens (including phenoxy) is 2. The van der Waals surface area contributed by atoms with Crippen molar-refractivity contribution in [3.8, 4) is 0 Å². The van der Waals surface area contributed by atoms with Gasteiger partial charge < -0.3 is 15.2 Å². The van der Waals surface area contributed by atoms with Crippen molar-refractivity contribution in [1.29, 1.82) is 0 Å². The van der Waals surface area contributed by atoms with E-state index in [2.05, 4.69) is 4.74 Å². The highest BCUT2D eigenvalue weighted by atomic mass is 35.5. The predicted octanol–water partition coefficient (Wildman–Crippen LogP) is 1.11. The van der Waals surface area contributed by atoms with Gasteiger partial charge in [0.25, 0.3) is 0 Å². The second-order valence-electron chi connectivity index (χ2n) is 3.98. The van der Waals surface area contributed by atoms with Crippen LogP contribution in [0, 0.1) is 0 Å². The molecule has 86 valence electrons. The zero-order valence-electron chi connectivity index (χ0n) is 9.37. The lowest BCUT2D eigenvalue weighted by Crippen LogP contribution is -2.45. The zero-order chi connectivity index (χ0) is 10.6. The molecule has 0 spiro atoms. The molecule has 0 aliphatic rings. The Morgan fingerprint density at radius 2 is 1.79 bits per heavy atom. The van der Waals surface area contributed by atoms with E-state index in [9.17, 15) is 4.79 Å². The van der Waals surface area contributed by atoms with Gasteiger partial charge in [-0.25, -0.2) is 0 Å². The van der Waals surface area contributed by atoms with E-state index < -0.39 is 12.0 Å². The number of halogens is 1. The normalized spacial score (nSPS) is 15.3. The average Bonchev–Trinajstić information content (AvgIpc) is 1.98. The maximum atomic E-state index is 11.0. The number of methoxy groups -OCH3 is 1. The Morgan fingerprint density at radius 3 is 2.07 bits per heavy atom. The monoisotopic (exact) mass is 225 g/mol. The van der Waals surface area contributed by atoms with E-state index in [-0.39, 0.29) is 24.1 Å². The summed E-state index contributed by atoms with van der Waals surface area (Å²) in [6.07, 6.45) is -0.340. The third kappa shape index (κ3) is 6.18. The molecule has 5 heteroatoms. The number of esters is 1. The lowest BCUT2D eigenvalue weighted by molar-refractivity contribution is -0.149. The number of rotatable bonds is 3. The van der Waals surface area contributed by atoms with Crippen LogP contribution in [0.3, 0.4) is 0 Å². The predicted molar refractivity (Wildman–Crippen MR) is 57.5 cm³/mol. The number of hydrogen-bond acceptors (Lipinski definition) is 4. The van der Waals surface area contributed by atoms with Crippen LogP contribution < -0.4 is 5.73 Å². The Hall–Kier alpha value is -0.320. The Morgan fingerprint density at radius 1 is 1.36 bits per heavy atom. The van der Waals surface area contributed by atoms with E-state index in [0.29, 0.717) is 0 Å². The minimum atomic E-state index is -0.718. The molecule has 0 saturated heterocycles. The number of carbonyl (C=O) groups excluding carboxylic acids is 1. The highest BCUT2D eigenvalue weighted by molar-refractivity contribution is 5.85. The Balaban J connectivity index is 0. The van der Waals surface area contributed by atoms with Gasteiger partial charge in [-0.05, 0) is 27.7 Å². The maximum Gasteiger partial charge on any atom is 0.325 e. The van der Waals surface area contributed by atoms with Crippen LogP contribution in [0.25, 0.3) is 0 Å². The molecule has 0 radical (unpaired) electrons. The molecule has 2 N–H and O–H groups in total. The van der Waals surface area contributed by atoms with E-state index >= 15 is 0 Å². The molecule has 1 unspecified atom stereocenters. The molecule has 0 aliphatic heterocycles. The molecule has 0 aromatic rings. The van der Waals surface area contributed by atoms with Crippen molar-refractivity contribution in [1.82, 2.24) is 0 Å². The fourth-order valence-corrected chi connectivity index (χ4v) is 0.959. The number of carbonyl (C=O) groups is 1. The van der Waals surface area contributed by atoms with Gasteiger partial charge in [-0.1, -0.05) is 0 Å². The molecule has 0 amide bonds. The molecule has 0 rings (SSSR count).